The maximum atomic E-state index is 13.9. The van der Waals surface area contributed by atoms with Gasteiger partial charge in [-0.15, -0.1) is 0 Å². The zero-order valence-electron chi connectivity index (χ0n) is 23.1. The SMILES string of the molecule is COc1cccc(CNC(=O)[C@@]2(Cc3ccccc3CN=[N+]=[N-])COC(c3ccc(OCCCO)cc3)=N2)c1OC. The number of carbonyl (C=O) groups excluding carboxylic acids is 1. The van der Waals surface area contributed by atoms with Gasteiger partial charge < -0.3 is 29.4 Å². The summed E-state index contributed by atoms with van der Waals surface area (Å²) < 4.78 is 22.6. The smallest absolute Gasteiger partial charge is 0.252 e. The van der Waals surface area contributed by atoms with E-state index in [-0.39, 0.29) is 38.6 Å². The van der Waals surface area contributed by atoms with Crippen LogP contribution in [0.5, 0.6) is 17.2 Å². The minimum absolute atomic E-state index is 0.0218. The fourth-order valence-electron chi connectivity index (χ4n) is 4.57. The van der Waals surface area contributed by atoms with Crippen molar-refractivity contribution >= 4 is 11.8 Å². The molecule has 1 heterocycles. The first kappa shape index (κ1) is 29.3. The first-order valence-corrected chi connectivity index (χ1v) is 13.2. The molecule has 11 heteroatoms. The van der Waals surface area contributed by atoms with Crippen molar-refractivity contribution in [1.29, 1.82) is 0 Å². The highest BCUT2D eigenvalue weighted by Gasteiger charge is 2.44. The Balaban J connectivity index is 1.63. The van der Waals surface area contributed by atoms with Crippen LogP contribution in [0.1, 0.15) is 28.7 Å². The van der Waals surface area contributed by atoms with Crippen LogP contribution in [0, 0.1) is 0 Å². The van der Waals surface area contributed by atoms with Crippen LogP contribution in [0.15, 0.2) is 76.8 Å². The summed E-state index contributed by atoms with van der Waals surface area (Å²) in [7, 11) is 3.11. The predicted molar refractivity (Wildman–Crippen MR) is 153 cm³/mol. The Kier molecular flexibility index (Phi) is 10.0. The van der Waals surface area contributed by atoms with Crippen LogP contribution in [-0.4, -0.2) is 56.5 Å². The standard InChI is InChI=1S/C30H33N5O6/c1-38-26-10-5-9-24(27(26)39-2)18-32-29(37)30(17-22-7-3-4-8-23(22)19-33-35-31)20-41-28(34-30)21-11-13-25(14-12-21)40-16-6-15-36/h3-5,7-14,36H,6,15-20H2,1-2H3,(H,32,37)/t30-/m1/s1. The number of azide groups is 1. The molecule has 1 aliphatic rings. The van der Waals surface area contributed by atoms with Gasteiger partial charge in [-0.25, -0.2) is 4.99 Å². The van der Waals surface area contributed by atoms with Gasteiger partial charge in [-0.2, -0.15) is 0 Å². The van der Waals surface area contributed by atoms with Crippen molar-refractivity contribution in [2.24, 2.45) is 10.1 Å². The minimum atomic E-state index is -1.27. The normalized spacial score (nSPS) is 15.7. The number of methoxy groups -OCH3 is 2. The molecule has 0 aromatic heterocycles. The van der Waals surface area contributed by atoms with E-state index in [1.54, 1.807) is 32.4 Å². The van der Waals surface area contributed by atoms with Gasteiger partial charge in [0.15, 0.2) is 17.0 Å². The molecule has 0 radical (unpaired) electrons. The highest BCUT2D eigenvalue weighted by atomic mass is 16.5. The molecule has 0 aliphatic carbocycles. The van der Waals surface area contributed by atoms with Gasteiger partial charge in [-0.05, 0) is 47.0 Å². The molecule has 1 atom stereocenters. The number of benzene rings is 3. The second kappa shape index (κ2) is 14.1. The lowest BCUT2D eigenvalue weighted by Crippen LogP contribution is -2.48. The molecule has 4 rings (SSSR count). The van der Waals surface area contributed by atoms with Crippen molar-refractivity contribution in [2.75, 3.05) is 34.0 Å². The van der Waals surface area contributed by atoms with E-state index in [1.807, 2.05) is 48.5 Å². The third kappa shape index (κ3) is 7.08. The molecular weight excluding hydrogens is 526 g/mol. The molecule has 11 nitrogen and oxygen atoms in total. The number of para-hydroxylation sites is 1. The van der Waals surface area contributed by atoms with Crippen LogP contribution in [0.3, 0.4) is 0 Å². The van der Waals surface area contributed by atoms with E-state index < -0.39 is 5.54 Å². The number of aliphatic imine (C=N–C) groups is 1. The van der Waals surface area contributed by atoms with Crippen LogP contribution < -0.4 is 19.5 Å². The van der Waals surface area contributed by atoms with E-state index in [9.17, 15) is 4.79 Å². The number of aliphatic hydroxyl groups is 1. The Labute approximate surface area is 238 Å². The molecular formula is C30H33N5O6. The maximum Gasteiger partial charge on any atom is 0.252 e. The van der Waals surface area contributed by atoms with Gasteiger partial charge in [0.1, 0.15) is 12.4 Å². The highest BCUT2D eigenvalue weighted by molar-refractivity contribution is 6.00. The largest absolute Gasteiger partial charge is 0.494 e. The number of rotatable bonds is 14. The molecule has 0 spiro atoms. The van der Waals surface area contributed by atoms with Gasteiger partial charge in [0, 0.05) is 42.0 Å². The van der Waals surface area contributed by atoms with E-state index in [0.29, 0.717) is 41.7 Å². The van der Waals surface area contributed by atoms with Gasteiger partial charge in [-0.3, -0.25) is 4.79 Å². The van der Waals surface area contributed by atoms with Crippen molar-refractivity contribution < 1.29 is 28.8 Å². The first-order valence-electron chi connectivity index (χ1n) is 13.2. The van der Waals surface area contributed by atoms with Gasteiger partial charge in [0.05, 0.1) is 27.4 Å². The Bertz CT molecular complexity index is 1420. The summed E-state index contributed by atoms with van der Waals surface area (Å²) in [4.78, 5) is 21.6. The summed E-state index contributed by atoms with van der Waals surface area (Å²) in [5, 5.41) is 15.7. The molecule has 0 bridgehead atoms. The van der Waals surface area contributed by atoms with Crippen molar-refractivity contribution in [3.8, 4) is 17.2 Å². The number of carbonyl (C=O) groups is 1. The molecule has 3 aromatic rings. The van der Waals surface area contributed by atoms with Crippen LogP contribution in [-0.2, 0) is 29.0 Å². The van der Waals surface area contributed by atoms with E-state index >= 15 is 0 Å². The molecule has 3 aromatic carbocycles. The fourth-order valence-corrected chi connectivity index (χ4v) is 4.57. The highest BCUT2D eigenvalue weighted by Crippen LogP contribution is 2.32. The predicted octanol–water partition coefficient (Wildman–Crippen LogP) is 4.35. The average molecular weight is 560 g/mol. The van der Waals surface area contributed by atoms with Crippen molar-refractivity contribution in [3.63, 3.8) is 0 Å². The topological polar surface area (TPSA) is 147 Å². The van der Waals surface area contributed by atoms with Crippen LogP contribution in [0.2, 0.25) is 0 Å². The number of amides is 1. The van der Waals surface area contributed by atoms with Crippen LogP contribution in [0.4, 0.5) is 0 Å². The summed E-state index contributed by atoms with van der Waals surface area (Å²) in [6, 6.07) is 20.2. The van der Waals surface area contributed by atoms with Gasteiger partial charge in [-0.1, -0.05) is 41.5 Å². The zero-order chi connectivity index (χ0) is 29.1. The summed E-state index contributed by atoms with van der Waals surface area (Å²) in [6.07, 6.45) is 0.773. The van der Waals surface area contributed by atoms with E-state index in [1.165, 1.54) is 0 Å². The number of hydrogen-bond acceptors (Lipinski definition) is 8. The molecule has 0 fully saturated rings. The second-order valence-corrected chi connectivity index (χ2v) is 9.36. The molecule has 0 saturated carbocycles. The number of nitrogens with zero attached hydrogens (tertiary/aromatic N) is 4. The van der Waals surface area contributed by atoms with E-state index in [2.05, 4.69) is 15.3 Å². The first-order chi connectivity index (χ1) is 20.0. The Morgan fingerprint density at radius 3 is 2.54 bits per heavy atom. The summed E-state index contributed by atoms with van der Waals surface area (Å²) in [6.45, 7) is 0.827. The Morgan fingerprint density at radius 2 is 1.83 bits per heavy atom. The summed E-state index contributed by atoms with van der Waals surface area (Å²) in [5.74, 6) is 1.78. The minimum Gasteiger partial charge on any atom is -0.494 e. The van der Waals surface area contributed by atoms with Gasteiger partial charge >= 0.3 is 0 Å². The summed E-state index contributed by atoms with van der Waals surface area (Å²) in [5.41, 5.74) is 10.7. The lowest BCUT2D eigenvalue weighted by Gasteiger charge is -2.24. The zero-order valence-corrected chi connectivity index (χ0v) is 23.1. The quantitative estimate of drug-likeness (QED) is 0.130. The van der Waals surface area contributed by atoms with Crippen molar-refractivity contribution in [3.05, 3.63) is 99.4 Å². The van der Waals surface area contributed by atoms with E-state index in [0.717, 1.165) is 16.7 Å². The Morgan fingerprint density at radius 1 is 1.07 bits per heavy atom. The molecule has 2 N–H and O–H groups in total. The lowest BCUT2D eigenvalue weighted by molar-refractivity contribution is -0.126. The van der Waals surface area contributed by atoms with Gasteiger partial charge in [0.25, 0.3) is 5.91 Å². The average Bonchev–Trinajstić information content (AvgIpc) is 3.44. The van der Waals surface area contributed by atoms with Gasteiger partial charge in [0.2, 0.25) is 5.90 Å². The van der Waals surface area contributed by atoms with Crippen LogP contribution >= 0.6 is 0 Å². The monoisotopic (exact) mass is 559 g/mol. The Hall–Kier alpha value is -4.73. The fraction of sp³-hybridized carbons (Fsp3) is 0.333. The van der Waals surface area contributed by atoms with Crippen molar-refractivity contribution in [2.45, 2.75) is 31.5 Å². The number of ether oxygens (including phenoxy) is 4. The lowest BCUT2D eigenvalue weighted by atomic mass is 9.89. The third-order valence-electron chi connectivity index (χ3n) is 6.69. The van der Waals surface area contributed by atoms with Crippen LogP contribution in [0.25, 0.3) is 10.4 Å². The molecule has 1 aliphatic heterocycles. The number of nitrogens with one attached hydrogen (secondary N) is 1. The third-order valence-corrected chi connectivity index (χ3v) is 6.69. The molecule has 1 amide bonds. The molecule has 0 unspecified atom stereocenters. The number of hydrogen-bond donors (Lipinski definition) is 2. The van der Waals surface area contributed by atoms with Crippen molar-refractivity contribution in [1.82, 2.24) is 5.32 Å². The maximum absolute atomic E-state index is 13.9. The molecule has 41 heavy (non-hydrogen) atoms. The molecule has 214 valence electrons. The second-order valence-electron chi connectivity index (χ2n) is 9.36. The van der Waals surface area contributed by atoms with E-state index in [4.69, 9.17) is 34.6 Å². The molecule has 0 saturated heterocycles. The number of aliphatic hydroxyl groups excluding tert-OH is 1. The summed E-state index contributed by atoms with van der Waals surface area (Å²) >= 11 is 0.